The first-order chi connectivity index (χ1) is 13.6. The van der Waals surface area contributed by atoms with Crippen LogP contribution in [0.1, 0.15) is 24.0 Å². The summed E-state index contributed by atoms with van der Waals surface area (Å²) in [7, 11) is 1.21. The highest BCUT2D eigenvalue weighted by atomic mass is 16.7. The summed E-state index contributed by atoms with van der Waals surface area (Å²) in [6.07, 6.45) is 0.812. The number of hydrogen-bond donors (Lipinski definition) is 0. The molecule has 0 atom stereocenters. The number of carbonyl (C=O) groups is 1. The van der Waals surface area contributed by atoms with Gasteiger partial charge in [-0.3, -0.25) is 4.68 Å². The van der Waals surface area contributed by atoms with Crippen LogP contribution in [0.4, 0.5) is 4.79 Å². The van der Waals surface area contributed by atoms with Gasteiger partial charge in [0.1, 0.15) is 23.0 Å². The number of methoxy groups -OCH3 is 1. The van der Waals surface area contributed by atoms with Crippen LogP contribution in [0.15, 0.2) is 48.7 Å². The molecular formula is C20H19N5O3. The quantitative estimate of drug-likeness (QED) is 0.383. The molecule has 3 rings (SSSR count). The fourth-order valence-corrected chi connectivity index (χ4v) is 2.73. The Morgan fingerprint density at radius 3 is 2.61 bits per heavy atom. The molecule has 0 saturated heterocycles. The molecule has 142 valence electrons. The van der Waals surface area contributed by atoms with Gasteiger partial charge in [-0.25, -0.2) is 9.48 Å². The average Bonchev–Trinajstić information content (AvgIpc) is 3.35. The molecule has 0 radical (unpaired) electrons. The maximum atomic E-state index is 11.8. The summed E-state index contributed by atoms with van der Waals surface area (Å²) < 4.78 is 13.3. The van der Waals surface area contributed by atoms with Crippen molar-refractivity contribution in [3.05, 3.63) is 65.7 Å². The van der Waals surface area contributed by atoms with E-state index >= 15 is 0 Å². The minimum atomic E-state index is -0.924. The van der Waals surface area contributed by atoms with Crippen molar-refractivity contribution in [3.8, 4) is 11.8 Å². The van der Waals surface area contributed by atoms with Gasteiger partial charge in [0.15, 0.2) is 5.76 Å². The molecule has 0 N–H and O–H groups in total. The maximum Gasteiger partial charge on any atom is 0.513 e. The zero-order valence-corrected chi connectivity index (χ0v) is 15.8. The number of hydrogen-bond acceptors (Lipinski definition) is 6. The molecule has 0 aliphatic heterocycles. The largest absolute Gasteiger partial charge is 0.513 e. The third-order valence-corrected chi connectivity index (χ3v) is 3.99. The van der Waals surface area contributed by atoms with Gasteiger partial charge in [0.05, 0.1) is 18.5 Å². The monoisotopic (exact) mass is 377 g/mol. The van der Waals surface area contributed by atoms with Gasteiger partial charge in [-0.1, -0.05) is 18.2 Å². The zero-order valence-electron chi connectivity index (χ0n) is 15.8. The van der Waals surface area contributed by atoms with Crippen LogP contribution in [0, 0.1) is 18.3 Å². The number of carbonyl (C=O) groups excluding carboxylic acids is 1. The van der Waals surface area contributed by atoms with Gasteiger partial charge in [-0.05, 0) is 38.1 Å². The summed E-state index contributed by atoms with van der Waals surface area (Å²) in [6.45, 7) is 4.26. The van der Waals surface area contributed by atoms with Crippen molar-refractivity contribution in [2.75, 3.05) is 7.11 Å². The number of allylic oxidation sites excluding steroid dienone is 1. The summed E-state index contributed by atoms with van der Waals surface area (Å²) in [6, 6.07) is 15.0. The molecular weight excluding hydrogens is 358 g/mol. The highest BCUT2D eigenvalue weighted by molar-refractivity contribution is 5.95. The van der Waals surface area contributed by atoms with Gasteiger partial charge in [0.2, 0.25) is 0 Å². The Labute approximate surface area is 162 Å². The number of benzene rings is 1. The number of para-hydroxylation sites is 1. The van der Waals surface area contributed by atoms with Crippen LogP contribution in [0.5, 0.6) is 0 Å². The predicted octanol–water partition coefficient (Wildman–Crippen LogP) is 3.57. The molecule has 8 nitrogen and oxygen atoms in total. The second kappa shape index (κ2) is 8.22. The van der Waals surface area contributed by atoms with Gasteiger partial charge >= 0.3 is 6.16 Å². The summed E-state index contributed by atoms with van der Waals surface area (Å²) in [5.41, 5.74) is 2.54. The van der Waals surface area contributed by atoms with E-state index in [9.17, 15) is 10.1 Å². The van der Waals surface area contributed by atoms with Crippen molar-refractivity contribution < 1.29 is 14.3 Å². The third kappa shape index (κ3) is 3.78. The van der Waals surface area contributed by atoms with E-state index in [0.717, 1.165) is 11.4 Å². The molecule has 28 heavy (non-hydrogen) atoms. The van der Waals surface area contributed by atoms with Crippen molar-refractivity contribution in [2.24, 2.45) is 0 Å². The summed E-state index contributed by atoms with van der Waals surface area (Å²) >= 11 is 0. The van der Waals surface area contributed by atoms with E-state index < -0.39 is 6.16 Å². The van der Waals surface area contributed by atoms with Crippen molar-refractivity contribution >= 4 is 17.5 Å². The summed E-state index contributed by atoms with van der Waals surface area (Å²) in [5, 5.41) is 18.7. The second-order valence-corrected chi connectivity index (χ2v) is 5.84. The lowest BCUT2D eigenvalue weighted by Crippen LogP contribution is -2.10. The summed E-state index contributed by atoms with van der Waals surface area (Å²) in [5.74, 6) is 0.0510. The number of aryl methyl sites for hydroxylation is 2. The smallest absolute Gasteiger partial charge is 0.437 e. The van der Waals surface area contributed by atoms with Crippen LogP contribution in [0.3, 0.4) is 0 Å². The molecule has 0 saturated carbocycles. The van der Waals surface area contributed by atoms with Crippen LogP contribution in [0.2, 0.25) is 0 Å². The number of rotatable bonds is 5. The van der Waals surface area contributed by atoms with Gasteiger partial charge in [-0.2, -0.15) is 15.5 Å². The number of aromatic nitrogens is 4. The Morgan fingerprint density at radius 1 is 1.21 bits per heavy atom. The molecule has 0 bridgehead atoms. The first-order valence-corrected chi connectivity index (χ1v) is 8.63. The molecule has 0 fully saturated rings. The lowest BCUT2D eigenvalue weighted by Gasteiger charge is -2.11. The first-order valence-electron chi connectivity index (χ1n) is 8.63. The highest BCUT2D eigenvalue weighted by Gasteiger charge is 2.23. The van der Waals surface area contributed by atoms with E-state index in [1.807, 2.05) is 44.2 Å². The maximum absolute atomic E-state index is 11.8. The topological polar surface area (TPSA) is 95.0 Å². The van der Waals surface area contributed by atoms with Crippen molar-refractivity contribution in [2.45, 2.75) is 20.4 Å². The van der Waals surface area contributed by atoms with E-state index in [-0.39, 0.29) is 11.3 Å². The summed E-state index contributed by atoms with van der Waals surface area (Å²) in [4.78, 5) is 11.8. The Bertz CT molecular complexity index is 1060. The predicted molar refractivity (Wildman–Crippen MR) is 102 cm³/mol. The first kappa shape index (κ1) is 18.9. The molecule has 0 spiro atoms. The Kier molecular flexibility index (Phi) is 5.56. The molecule has 2 heterocycles. The van der Waals surface area contributed by atoms with E-state index in [2.05, 4.69) is 21.0 Å². The fourth-order valence-electron chi connectivity index (χ4n) is 2.73. The Balaban J connectivity index is 2.15. The molecule has 8 heteroatoms. The van der Waals surface area contributed by atoms with Crippen LogP contribution < -0.4 is 0 Å². The highest BCUT2D eigenvalue weighted by Crippen LogP contribution is 2.28. The van der Waals surface area contributed by atoms with Crippen molar-refractivity contribution in [3.63, 3.8) is 0 Å². The standard InChI is InChI=1S/C20H19N5O3/c1-4-24-18(12-14(2)22-24)19(28-20(26)27-3)16(13-21)17-10-11-25(23-17)15-8-6-5-7-9-15/h5-12H,4H2,1-3H3. The molecule has 3 aromatic rings. The van der Waals surface area contributed by atoms with Crippen molar-refractivity contribution in [1.29, 1.82) is 5.26 Å². The number of nitrogens with zero attached hydrogens (tertiary/aromatic N) is 5. The number of nitriles is 1. The lowest BCUT2D eigenvalue weighted by atomic mass is 10.1. The average molecular weight is 377 g/mol. The van der Waals surface area contributed by atoms with E-state index in [0.29, 0.717) is 17.9 Å². The van der Waals surface area contributed by atoms with Crippen LogP contribution in [0.25, 0.3) is 17.0 Å². The Morgan fingerprint density at radius 2 is 1.96 bits per heavy atom. The minimum Gasteiger partial charge on any atom is -0.437 e. The van der Waals surface area contributed by atoms with E-state index in [4.69, 9.17) is 4.74 Å². The molecule has 2 aromatic heterocycles. The van der Waals surface area contributed by atoms with E-state index in [1.54, 1.807) is 27.7 Å². The second-order valence-electron chi connectivity index (χ2n) is 5.84. The lowest BCUT2D eigenvalue weighted by molar-refractivity contribution is 0.112. The number of ether oxygens (including phenoxy) is 2. The minimum absolute atomic E-state index is 0.0510. The zero-order chi connectivity index (χ0) is 20.1. The fraction of sp³-hybridized carbons (Fsp3) is 0.200. The van der Waals surface area contributed by atoms with Crippen LogP contribution >= 0.6 is 0 Å². The van der Waals surface area contributed by atoms with Gasteiger partial charge in [0.25, 0.3) is 0 Å². The Hall–Kier alpha value is -3.86. The normalized spacial score (nSPS) is 11.5. The molecule has 0 amide bonds. The van der Waals surface area contributed by atoms with Crippen LogP contribution in [-0.4, -0.2) is 32.8 Å². The van der Waals surface area contributed by atoms with Crippen molar-refractivity contribution in [1.82, 2.24) is 19.6 Å². The molecule has 0 unspecified atom stereocenters. The van der Waals surface area contributed by atoms with E-state index in [1.165, 1.54) is 7.11 Å². The molecule has 0 aliphatic carbocycles. The van der Waals surface area contributed by atoms with Gasteiger partial charge in [0, 0.05) is 12.7 Å². The van der Waals surface area contributed by atoms with Gasteiger partial charge < -0.3 is 9.47 Å². The van der Waals surface area contributed by atoms with Gasteiger partial charge in [-0.15, -0.1) is 0 Å². The third-order valence-electron chi connectivity index (χ3n) is 3.99. The van der Waals surface area contributed by atoms with Crippen LogP contribution in [-0.2, 0) is 16.0 Å². The molecule has 0 aliphatic rings. The SMILES string of the molecule is CCn1nc(C)cc1C(OC(=O)OC)=C(C#N)c1ccn(-c2ccccc2)n1. The molecule has 1 aromatic carbocycles.